The summed E-state index contributed by atoms with van der Waals surface area (Å²) in [7, 11) is 1.64. The van der Waals surface area contributed by atoms with E-state index in [1.807, 2.05) is 71.6 Å². The topological polar surface area (TPSA) is 90.9 Å². The molecular formula is C35H43N3O4. The van der Waals surface area contributed by atoms with E-state index in [9.17, 15) is 14.7 Å². The van der Waals surface area contributed by atoms with Crippen LogP contribution in [0.5, 0.6) is 5.75 Å². The van der Waals surface area contributed by atoms with Crippen LogP contribution in [0.2, 0.25) is 0 Å². The highest BCUT2D eigenvalue weighted by Crippen LogP contribution is 2.36. The van der Waals surface area contributed by atoms with Crippen LogP contribution in [-0.2, 0) is 17.8 Å². The van der Waals surface area contributed by atoms with Gasteiger partial charge in [0.15, 0.2) is 0 Å². The Labute approximate surface area is 249 Å². The van der Waals surface area contributed by atoms with Gasteiger partial charge in [0.25, 0.3) is 5.91 Å². The summed E-state index contributed by atoms with van der Waals surface area (Å²) in [4.78, 5) is 28.3. The highest BCUT2D eigenvalue weighted by atomic mass is 16.5. The van der Waals surface area contributed by atoms with Crippen LogP contribution < -0.4 is 20.3 Å². The molecule has 2 aliphatic rings. The molecule has 0 aromatic heterocycles. The number of hydrogen-bond acceptors (Lipinski definition) is 5. The lowest BCUT2D eigenvalue weighted by Gasteiger charge is -2.27. The minimum absolute atomic E-state index is 0.113. The molecule has 1 heterocycles. The molecule has 3 aromatic rings. The zero-order valence-electron chi connectivity index (χ0n) is 24.6. The first kappa shape index (κ1) is 29.8. The van der Waals surface area contributed by atoms with Crippen molar-refractivity contribution in [2.24, 2.45) is 0 Å². The van der Waals surface area contributed by atoms with Crippen molar-refractivity contribution in [1.29, 1.82) is 0 Å². The minimum atomic E-state index is -0.819. The summed E-state index contributed by atoms with van der Waals surface area (Å²) in [6.07, 6.45) is 6.89. The van der Waals surface area contributed by atoms with E-state index in [2.05, 4.69) is 16.7 Å². The number of hydrogen-bond donors (Lipinski definition) is 3. The van der Waals surface area contributed by atoms with E-state index in [0.29, 0.717) is 44.0 Å². The smallest absolute Gasteiger partial charge is 0.251 e. The Morgan fingerprint density at radius 2 is 1.76 bits per heavy atom. The van der Waals surface area contributed by atoms with Gasteiger partial charge in [-0.05, 0) is 78.6 Å². The van der Waals surface area contributed by atoms with Gasteiger partial charge in [-0.2, -0.15) is 0 Å². The van der Waals surface area contributed by atoms with Crippen molar-refractivity contribution in [3.8, 4) is 5.75 Å². The molecule has 3 N–H and O–H groups in total. The van der Waals surface area contributed by atoms with Crippen LogP contribution in [0.4, 0.5) is 5.69 Å². The van der Waals surface area contributed by atoms with Crippen LogP contribution in [-0.4, -0.2) is 49.3 Å². The number of anilines is 1. The highest BCUT2D eigenvalue weighted by Gasteiger charge is 2.27. The van der Waals surface area contributed by atoms with Crippen LogP contribution in [0.15, 0.2) is 72.8 Å². The lowest BCUT2D eigenvalue weighted by molar-refractivity contribution is -0.117. The third-order valence-corrected chi connectivity index (χ3v) is 8.56. The molecule has 0 unspecified atom stereocenters. The van der Waals surface area contributed by atoms with Crippen LogP contribution in [0, 0.1) is 0 Å². The number of ether oxygens (including phenoxy) is 1. The zero-order valence-corrected chi connectivity index (χ0v) is 24.6. The van der Waals surface area contributed by atoms with E-state index in [4.69, 9.17) is 4.74 Å². The average molecular weight is 570 g/mol. The lowest BCUT2D eigenvalue weighted by atomic mass is 9.83. The number of carbonyl (C=O) groups excluding carboxylic acids is 2. The SMILES string of the molecule is COc1cccc(CNC[C@H](O)[C@H](Cc2ccccc2)NC(=O)c2cc(C3CCCCC3)cc(N3CCCC3=O)c2)c1. The fourth-order valence-corrected chi connectivity index (χ4v) is 6.21. The van der Waals surface area contributed by atoms with Crippen LogP contribution >= 0.6 is 0 Å². The molecule has 7 nitrogen and oxygen atoms in total. The maximum absolute atomic E-state index is 13.8. The van der Waals surface area contributed by atoms with Gasteiger partial charge in [-0.25, -0.2) is 0 Å². The van der Waals surface area contributed by atoms with E-state index in [1.165, 1.54) is 19.3 Å². The first-order valence-corrected chi connectivity index (χ1v) is 15.3. The molecule has 0 bridgehead atoms. The largest absolute Gasteiger partial charge is 0.497 e. The van der Waals surface area contributed by atoms with E-state index in [1.54, 1.807) is 7.11 Å². The molecule has 1 saturated carbocycles. The quantitative estimate of drug-likeness (QED) is 0.273. The van der Waals surface area contributed by atoms with Crippen LogP contribution in [0.3, 0.4) is 0 Å². The van der Waals surface area contributed by atoms with Crippen molar-refractivity contribution >= 4 is 17.5 Å². The molecule has 0 radical (unpaired) electrons. The Hall–Kier alpha value is -3.68. The molecule has 5 rings (SSSR count). The second-order valence-electron chi connectivity index (χ2n) is 11.6. The number of nitrogens with one attached hydrogen (secondary N) is 2. The number of carbonyl (C=O) groups is 2. The Balaban J connectivity index is 1.34. The monoisotopic (exact) mass is 569 g/mol. The maximum atomic E-state index is 13.8. The molecule has 2 fully saturated rings. The minimum Gasteiger partial charge on any atom is -0.497 e. The lowest BCUT2D eigenvalue weighted by Crippen LogP contribution is -2.48. The molecule has 1 aliphatic carbocycles. The predicted octanol–water partition coefficient (Wildman–Crippen LogP) is 5.36. The Bertz CT molecular complexity index is 1340. The van der Waals surface area contributed by atoms with Gasteiger partial charge >= 0.3 is 0 Å². The van der Waals surface area contributed by atoms with Crippen molar-refractivity contribution in [2.45, 2.75) is 76.0 Å². The number of aliphatic hydroxyl groups is 1. The summed E-state index contributed by atoms with van der Waals surface area (Å²) in [5.74, 6) is 1.07. The van der Waals surface area contributed by atoms with Crippen LogP contribution in [0.25, 0.3) is 0 Å². The number of methoxy groups -OCH3 is 1. The molecule has 1 aliphatic heterocycles. The highest BCUT2D eigenvalue weighted by molar-refractivity contribution is 5.99. The number of benzene rings is 3. The Morgan fingerprint density at radius 3 is 2.50 bits per heavy atom. The third-order valence-electron chi connectivity index (χ3n) is 8.56. The van der Waals surface area contributed by atoms with Gasteiger partial charge in [-0.15, -0.1) is 0 Å². The number of rotatable bonds is 12. The second-order valence-corrected chi connectivity index (χ2v) is 11.6. The summed E-state index contributed by atoms with van der Waals surface area (Å²) < 4.78 is 5.32. The fourth-order valence-electron chi connectivity index (χ4n) is 6.21. The standard InChI is InChI=1S/C35H43N3O4/c1-42-31-15-8-12-26(18-31)23-36-24-33(39)32(19-25-10-4-2-5-11-25)37-35(41)29-20-28(27-13-6-3-7-14-27)21-30(22-29)38-17-9-16-34(38)40/h2,4-5,8,10-12,15,18,20-22,27,32-33,36,39H,3,6-7,9,13-14,16-17,19,23-24H2,1H3,(H,37,41)/t32-,33-/m0/s1. The molecule has 7 heteroatoms. The predicted molar refractivity (Wildman–Crippen MR) is 166 cm³/mol. The summed E-state index contributed by atoms with van der Waals surface area (Å²) >= 11 is 0. The molecule has 42 heavy (non-hydrogen) atoms. The van der Waals surface area contributed by atoms with Crippen LogP contribution in [0.1, 0.15) is 77.9 Å². The van der Waals surface area contributed by atoms with Crippen molar-refractivity contribution in [2.75, 3.05) is 25.1 Å². The molecule has 2 amide bonds. The van der Waals surface area contributed by atoms with Crippen molar-refractivity contribution in [3.05, 3.63) is 95.1 Å². The molecule has 1 saturated heterocycles. The first-order valence-electron chi connectivity index (χ1n) is 15.3. The van der Waals surface area contributed by atoms with E-state index in [0.717, 1.165) is 47.4 Å². The average Bonchev–Trinajstić information content (AvgIpc) is 3.47. The van der Waals surface area contributed by atoms with Crippen molar-refractivity contribution in [3.63, 3.8) is 0 Å². The molecule has 2 atom stereocenters. The molecule has 222 valence electrons. The van der Waals surface area contributed by atoms with Gasteiger partial charge in [0.1, 0.15) is 5.75 Å². The molecule has 0 spiro atoms. The maximum Gasteiger partial charge on any atom is 0.251 e. The summed E-state index contributed by atoms with van der Waals surface area (Å²) in [6, 6.07) is 23.2. The third kappa shape index (κ3) is 7.78. The number of aliphatic hydroxyl groups excluding tert-OH is 1. The van der Waals surface area contributed by atoms with Gasteiger partial charge in [0.2, 0.25) is 5.91 Å². The summed E-state index contributed by atoms with van der Waals surface area (Å²) in [5.41, 5.74) is 4.58. The van der Waals surface area contributed by atoms with Gasteiger partial charge in [-0.1, -0.05) is 61.7 Å². The summed E-state index contributed by atoms with van der Waals surface area (Å²) in [6.45, 7) is 1.56. The van der Waals surface area contributed by atoms with Gasteiger partial charge in [0.05, 0.1) is 19.3 Å². The van der Waals surface area contributed by atoms with Gasteiger partial charge in [0, 0.05) is 37.3 Å². The molecular weight excluding hydrogens is 526 g/mol. The Morgan fingerprint density at radius 1 is 0.976 bits per heavy atom. The molecule has 3 aromatic carbocycles. The fraction of sp³-hybridized carbons (Fsp3) is 0.429. The number of amides is 2. The number of nitrogens with zero attached hydrogens (tertiary/aromatic N) is 1. The van der Waals surface area contributed by atoms with Gasteiger partial charge < -0.3 is 25.4 Å². The second kappa shape index (κ2) is 14.5. The van der Waals surface area contributed by atoms with Gasteiger partial charge in [-0.3, -0.25) is 9.59 Å². The Kier molecular flexibility index (Phi) is 10.3. The van der Waals surface area contributed by atoms with E-state index < -0.39 is 12.1 Å². The van der Waals surface area contributed by atoms with Crippen molar-refractivity contribution < 1.29 is 19.4 Å². The zero-order chi connectivity index (χ0) is 29.3. The van der Waals surface area contributed by atoms with E-state index >= 15 is 0 Å². The van der Waals surface area contributed by atoms with E-state index in [-0.39, 0.29) is 11.8 Å². The first-order chi connectivity index (χ1) is 20.5. The normalized spacial score (nSPS) is 17.2. The van der Waals surface area contributed by atoms with Crippen molar-refractivity contribution in [1.82, 2.24) is 10.6 Å². The summed E-state index contributed by atoms with van der Waals surface area (Å²) in [5, 5.41) is 17.8.